The molecule has 0 unspecified atom stereocenters. The molecule has 0 aliphatic carbocycles. The van der Waals surface area contributed by atoms with Gasteiger partial charge in [-0.25, -0.2) is 0 Å². The lowest BCUT2D eigenvalue weighted by molar-refractivity contribution is -0.295. The fourth-order valence-corrected chi connectivity index (χ4v) is 9.06. The SMILES string of the molecule is CCNC(=O)CCCCCNC(=O)CN(CCO[C@@H]1O[C@@H](C)[C@@H](O)[C@@H](O)[C@@H]1O)CCO[C@@H]1O[C@@H](C)[C@@H](O)[C@@H](O)[C@@H]1O.CCNC(=O)CCCCCNC(=O)CN(CCO[C@@H]1O[C@@H](C)[C@@H](O)[C@@H](O)[C@@H]1O)CCO[C@@H]1O[C@@H](C)[C@@H](O)[C@@H](O)[C@@H]1O. The third-order valence-electron chi connectivity index (χ3n) is 14.3. The Kier molecular flexibility index (Phi) is 34.8. The van der Waals surface area contributed by atoms with E-state index in [2.05, 4.69) is 21.3 Å². The first-order chi connectivity index (χ1) is 38.9. The summed E-state index contributed by atoms with van der Waals surface area (Å²) in [5, 5.41) is 131. The molecule has 0 aromatic rings. The van der Waals surface area contributed by atoms with Gasteiger partial charge in [0.15, 0.2) is 25.2 Å². The van der Waals surface area contributed by atoms with Gasteiger partial charge < -0.3 is 120 Å². The van der Waals surface area contributed by atoms with Crippen molar-refractivity contribution in [1.29, 1.82) is 0 Å². The van der Waals surface area contributed by atoms with Crippen LogP contribution in [0, 0.1) is 0 Å². The van der Waals surface area contributed by atoms with Crippen molar-refractivity contribution in [2.24, 2.45) is 0 Å². The molecule has 0 aromatic heterocycles. The highest BCUT2D eigenvalue weighted by Gasteiger charge is 2.45. The minimum absolute atomic E-state index is 0.00852. The molecular weight excluding hydrogens is 1090 g/mol. The Morgan fingerprint density at radius 1 is 0.354 bits per heavy atom. The molecule has 0 bridgehead atoms. The first-order valence-corrected chi connectivity index (χ1v) is 28.7. The van der Waals surface area contributed by atoms with E-state index in [0.29, 0.717) is 51.9 Å². The van der Waals surface area contributed by atoms with Gasteiger partial charge in [0, 0.05) is 65.2 Å². The fourth-order valence-electron chi connectivity index (χ4n) is 9.06. The zero-order chi connectivity index (χ0) is 61.1. The van der Waals surface area contributed by atoms with E-state index >= 15 is 0 Å². The Morgan fingerprint density at radius 2 is 0.610 bits per heavy atom. The summed E-state index contributed by atoms with van der Waals surface area (Å²) < 4.78 is 44.1. The summed E-state index contributed by atoms with van der Waals surface area (Å²) in [5.74, 6) is -0.490. The summed E-state index contributed by atoms with van der Waals surface area (Å²) in [4.78, 5) is 51.7. The second-order valence-electron chi connectivity index (χ2n) is 21.0. The number of hydrogen-bond donors (Lipinski definition) is 16. The van der Waals surface area contributed by atoms with Crippen LogP contribution in [0.1, 0.15) is 92.9 Å². The van der Waals surface area contributed by atoms with Gasteiger partial charge >= 0.3 is 0 Å². The summed E-state index contributed by atoms with van der Waals surface area (Å²) in [6, 6.07) is 0. The summed E-state index contributed by atoms with van der Waals surface area (Å²) in [6.45, 7) is 12.8. The van der Waals surface area contributed by atoms with E-state index in [9.17, 15) is 80.5 Å². The average Bonchev–Trinajstić information content (AvgIpc) is 3.47. The van der Waals surface area contributed by atoms with E-state index < -0.39 is 123 Å². The molecule has 0 aromatic carbocycles. The quantitative estimate of drug-likeness (QED) is 0.0266. The van der Waals surface area contributed by atoms with Crippen LogP contribution in [0.25, 0.3) is 0 Å². The van der Waals surface area contributed by atoms with Gasteiger partial charge in [0.2, 0.25) is 23.6 Å². The molecule has 16 N–H and O–H groups in total. The third-order valence-corrected chi connectivity index (χ3v) is 14.3. The lowest BCUT2D eigenvalue weighted by Gasteiger charge is -2.39. The Balaban J connectivity index is 0.000000430. The molecule has 0 saturated carbocycles. The zero-order valence-corrected chi connectivity index (χ0v) is 48.3. The van der Waals surface area contributed by atoms with Crippen molar-refractivity contribution >= 4 is 23.6 Å². The van der Waals surface area contributed by atoms with Crippen LogP contribution in [0.4, 0.5) is 0 Å². The number of aliphatic hydroxyl groups excluding tert-OH is 12. The molecule has 4 aliphatic rings. The van der Waals surface area contributed by atoms with Gasteiger partial charge in [0.25, 0.3) is 0 Å². The second-order valence-corrected chi connectivity index (χ2v) is 21.0. The highest BCUT2D eigenvalue weighted by atomic mass is 16.7. The maximum absolute atomic E-state index is 12.6. The van der Waals surface area contributed by atoms with E-state index in [1.54, 1.807) is 37.5 Å². The van der Waals surface area contributed by atoms with Gasteiger partial charge in [-0.3, -0.25) is 29.0 Å². The van der Waals surface area contributed by atoms with Crippen molar-refractivity contribution in [3.63, 3.8) is 0 Å². The summed E-state index contributed by atoms with van der Waals surface area (Å²) >= 11 is 0. The molecule has 0 radical (unpaired) electrons. The van der Waals surface area contributed by atoms with Crippen molar-refractivity contribution in [3.05, 3.63) is 0 Å². The summed E-state index contributed by atoms with van der Waals surface area (Å²) in [5.41, 5.74) is 0. The molecule has 30 heteroatoms. The molecule has 480 valence electrons. The number of hydrogen-bond acceptors (Lipinski definition) is 26. The van der Waals surface area contributed by atoms with E-state index in [4.69, 9.17) is 37.9 Å². The molecule has 0 spiro atoms. The number of unbranched alkanes of at least 4 members (excludes halogenated alkanes) is 4. The molecule has 4 fully saturated rings. The smallest absolute Gasteiger partial charge is 0.234 e. The van der Waals surface area contributed by atoms with Gasteiger partial charge in [0.05, 0.1) is 63.9 Å². The second kappa shape index (κ2) is 38.9. The maximum atomic E-state index is 12.6. The van der Waals surface area contributed by atoms with E-state index in [0.717, 1.165) is 25.7 Å². The van der Waals surface area contributed by atoms with Gasteiger partial charge in [-0.05, 0) is 67.2 Å². The van der Waals surface area contributed by atoms with E-state index in [-0.39, 0.29) is 89.3 Å². The van der Waals surface area contributed by atoms with Crippen LogP contribution in [0.2, 0.25) is 0 Å². The van der Waals surface area contributed by atoms with Crippen LogP contribution in [0.5, 0.6) is 0 Å². The Morgan fingerprint density at radius 3 is 0.854 bits per heavy atom. The normalized spacial score (nSPS) is 34.0. The maximum Gasteiger partial charge on any atom is 0.234 e. The van der Waals surface area contributed by atoms with Crippen LogP contribution < -0.4 is 21.3 Å². The van der Waals surface area contributed by atoms with Crippen LogP contribution in [-0.4, -0.2) is 309 Å². The number of rotatable bonds is 34. The fraction of sp³-hybridized carbons (Fsp3) is 0.923. The summed E-state index contributed by atoms with van der Waals surface area (Å²) in [6.07, 6.45) is -19.0. The molecule has 82 heavy (non-hydrogen) atoms. The number of nitrogens with zero attached hydrogens (tertiary/aromatic N) is 2. The molecule has 4 heterocycles. The summed E-state index contributed by atoms with van der Waals surface area (Å²) in [7, 11) is 0. The minimum atomic E-state index is -1.46. The van der Waals surface area contributed by atoms with Crippen molar-refractivity contribution in [2.45, 2.75) is 216 Å². The largest absolute Gasteiger partial charge is 0.388 e. The Bertz CT molecular complexity index is 1600. The monoisotopic (exact) mass is 1190 g/mol. The number of amides is 4. The highest BCUT2D eigenvalue weighted by Crippen LogP contribution is 2.25. The van der Waals surface area contributed by atoms with Crippen molar-refractivity contribution < 1.29 is 118 Å². The van der Waals surface area contributed by atoms with E-state index in [1.807, 2.05) is 13.8 Å². The molecule has 4 rings (SSSR count). The highest BCUT2D eigenvalue weighted by molar-refractivity contribution is 5.78. The predicted molar refractivity (Wildman–Crippen MR) is 286 cm³/mol. The Labute approximate surface area is 479 Å². The zero-order valence-electron chi connectivity index (χ0n) is 48.3. The Hall–Kier alpha value is -3.00. The topological polar surface area (TPSA) is 439 Å². The van der Waals surface area contributed by atoms with Gasteiger partial charge in [-0.2, -0.15) is 0 Å². The lowest BCUT2D eigenvalue weighted by atomic mass is 10.0. The molecular formula is C52H98N6O24. The van der Waals surface area contributed by atoms with Crippen LogP contribution in [0.3, 0.4) is 0 Å². The van der Waals surface area contributed by atoms with Crippen LogP contribution in [-0.2, 0) is 57.1 Å². The van der Waals surface area contributed by atoms with E-state index in [1.165, 1.54) is 0 Å². The minimum Gasteiger partial charge on any atom is -0.388 e. The standard InChI is InChI=1S/2C26H49N3O12/c2*1-4-27-17(30)8-6-5-7-9-28-18(31)14-29(10-12-38-25-23(36)21(34)19(32)15(2)40-25)11-13-39-26-24(37)22(35)20(33)16(3)41-26/h2*15-16,19-26,32-37H,4-14H2,1-3H3,(H,27,30)(H,28,31)/t2*15-,16-,19+,20+,21+,22+,23-,24-,25+,26+/m00/s1. The first-order valence-electron chi connectivity index (χ1n) is 28.7. The predicted octanol–water partition coefficient (Wildman–Crippen LogP) is -6.42. The molecule has 4 aliphatic heterocycles. The first kappa shape index (κ1) is 73.3. The number of ether oxygens (including phenoxy) is 8. The number of aliphatic hydroxyl groups is 12. The molecule has 4 amide bonds. The molecule has 30 nitrogen and oxygen atoms in total. The van der Waals surface area contributed by atoms with Crippen LogP contribution in [0.15, 0.2) is 0 Å². The van der Waals surface area contributed by atoms with Crippen molar-refractivity contribution in [1.82, 2.24) is 31.1 Å². The van der Waals surface area contributed by atoms with Gasteiger partial charge in [0.1, 0.15) is 73.2 Å². The number of carbonyl (C=O) groups excluding carboxylic acids is 4. The van der Waals surface area contributed by atoms with Gasteiger partial charge in [-0.1, -0.05) is 12.8 Å². The van der Waals surface area contributed by atoms with Gasteiger partial charge in [-0.15, -0.1) is 0 Å². The number of carbonyl (C=O) groups is 4. The van der Waals surface area contributed by atoms with Crippen molar-refractivity contribution in [3.8, 4) is 0 Å². The molecule has 4 saturated heterocycles. The van der Waals surface area contributed by atoms with Crippen molar-refractivity contribution in [2.75, 3.05) is 91.9 Å². The molecule has 20 atom stereocenters. The average molecular weight is 1190 g/mol. The number of nitrogens with one attached hydrogen (secondary N) is 4. The lowest BCUT2D eigenvalue weighted by Crippen LogP contribution is -2.57. The van der Waals surface area contributed by atoms with Crippen LogP contribution >= 0.6 is 0 Å². The third kappa shape index (κ3) is 25.1.